The maximum Gasteiger partial charge on any atom is 0.127 e. The van der Waals surface area contributed by atoms with Gasteiger partial charge in [-0.25, -0.2) is 4.39 Å². The van der Waals surface area contributed by atoms with Crippen molar-refractivity contribution in [3.05, 3.63) is 34.1 Å². The highest BCUT2D eigenvalue weighted by Gasteiger charge is 2.10. The third kappa shape index (κ3) is 4.12. The van der Waals surface area contributed by atoms with Crippen molar-refractivity contribution < 1.29 is 4.39 Å². The molecule has 0 spiro atoms. The number of hydrogen-bond acceptors (Lipinski definition) is 0. The van der Waals surface area contributed by atoms with Crippen molar-refractivity contribution in [1.29, 1.82) is 0 Å². The van der Waals surface area contributed by atoms with E-state index in [9.17, 15) is 4.39 Å². The second-order valence-electron chi connectivity index (χ2n) is 3.75. The zero-order valence-corrected chi connectivity index (χ0v) is 11.1. The van der Waals surface area contributed by atoms with E-state index >= 15 is 0 Å². The van der Waals surface area contributed by atoms with Crippen molar-refractivity contribution in [3.63, 3.8) is 0 Å². The van der Waals surface area contributed by atoms with Gasteiger partial charge in [0.15, 0.2) is 0 Å². The second-order valence-corrected chi connectivity index (χ2v) is 4.97. The first kappa shape index (κ1) is 13.0. The van der Waals surface area contributed by atoms with Crippen molar-refractivity contribution in [2.45, 2.75) is 26.2 Å². The molecule has 0 saturated carbocycles. The number of halogens is 3. The van der Waals surface area contributed by atoms with Crippen molar-refractivity contribution in [1.82, 2.24) is 0 Å². The van der Waals surface area contributed by atoms with Crippen LogP contribution in [-0.2, 0) is 6.42 Å². The van der Waals surface area contributed by atoms with E-state index in [1.54, 1.807) is 0 Å². The van der Waals surface area contributed by atoms with Gasteiger partial charge in [-0.15, -0.1) is 11.6 Å². The molecule has 0 heterocycles. The van der Waals surface area contributed by atoms with Crippen molar-refractivity contribution in [2.24, 2.45) is 5.92 Å². The number of benzene rings is 1. The van der Waals surface area contributed by atoms with Crippen LogP contribution in [0.4, 0.5) is 4.39 Å². The summed E-state index contributed by atoms with van der Waals surface area (Å²) in [6.07, 6.45) is 2.88. The molecule has 0 aromatic heterocycles. The van der Waals surface area contributed by atoms with Gasteiger partial charge in [0.2, 0.25) is 0 Å². The summed E-state index contributed by atoms with van der Waals surface area (Å²) in [5, 5.41) is 0. The second kappa shape index (κ2) is 6.49. The van der Waals surface area contributed by atoms with E-state index in [1.807, 2.05) is 12.1 Å². The Hall–Kier alpha value is -0.0800. The number of alkyl halides is 1. The van der Waals surface area contributed by atoms with E-state index in [4.69, 9.17) is 11.6 Å². The maximum atomic E-state index is 13.5. The van der Waals surface area contributed by atoms with E-state index in [1.165, 1.54) is 6.07 Å². The van der Waals surface area contributed by atoms with Crippen LogP contribution in [0, 0.1) is 11.7 Å². The molecule has 0 amide bonds. The predicted molar refractivity (Wildman–Crippen MR) is 66.9 cm³/mol. The van der Waals surface area contributed by atoms with Gasteiger partial charge in [0.05, 0.1) is 0 Å². The standard InChI is InChI=1S/C12H15BrClF/c1-2-3-9(8-14)6-10-4-5-11(13)7-12(10)15/h4-5,7,9H,2-3,6,8H2,1H3. The van der Waals surface area contributed by atoms with Gasteiger partial charge in [-0.2, -0.15) is 0 Å². The molecule has 1 atom stereocenters. The minimum atomic E-state index is -0.143. The molecule has 0 nitrogen and oxygen atoms in total. The molecular formula is C12H15BrClF. The minimum Gasteiger partial charge on any atom is -0.207 e. The largest absolute Gasteiger partial charge is 0.207 e. The molecular weight excluding hydrogens is 278 g/mol. The van der Waals surface area contributed by atoms with Gasteiger partial charge >= 0.3 is 0 Å². The highest BCUT2D eigenvalue weighted by molar-refractivity contribution is 9.10. The van der Waals surface area contributed by atoms with Gasteiger partial charge in [0, 0.05) is 10.4 Å². The van der Waals surface area contributed by atoms with Crippen molar-refractivity contribution >= 4 is 27.5 Å². The first-order chi connectivity index (χ1) is 7.17. The average molecular weight is 294 g/mol. The summed E-state index contributed by atoms with van der Waals surface area (Å²) >= 11 is 9.09. The molecule has 0 aliphatic heterocycles. The van der Waals surface area contributed by atoms with Crippen LogP contribution in [-0.4, -0.2) is 5.88 Å². The number of rotatable bonds is 5. The molecule has 1 aromatic carbocycles. The lowest BCUT2D eigenvalue weighted by molar-refractivity contribution is 0.509. The van der Waals surface area contributed by atoms with Gasteiger partial charge in [0.1, 0.15) is 5.82 Å². The van der Waals surface area contributed by atoms with Gasteiger partial charge in [0.25, 0.3) is 0 Å². The normalized spacial score (nSPS) is 12.8. The summed E-state index contributed by atoms with van der Waals surface area (Å²) in [4.78, 5) is 0. The summed E-state index contributed by atoms with van der Waals surface area (Å²) in [7, 11) is 0. The van der Waals surface area contributed by atoms with Gasteiger partial charge in [-0.3, -0.25) is 0 Å². The van der Waals surface area contributed by atoms with Gasteiger partial charge in [-0.1, -0.05) is 35.3 Å². The summed E-state index contributed by atoms with van der Waals surface area (Å²) in [6, 6.07) is 5.21. The summed E-state index contributed by atoms with van der Waals surface area (Å²) < 4.78 is 14.3. The van der Waals surface area contributed by atoms with E-state index in [0.717, 1.165) is 29.3 Å². The summed E-state index contributed by atoms with van der Waals surface area (Å²) in [5.74, 6) is 0.839. The Morgan fingerprint density at radius 3 is 2.73 bits per heavy atom. The molecule has 0 radical (unpaired) electrons. The fourth-order valence-electron chi connectivity index (χ4n) is 1.64. The lowest BCUT2D eigenvalue weighted by Gasteiger charge is -2.13. The van der Waals surface area contributed by atoms with E-state index in [0.29, 0.717) is 11.8 Å². The SMILES string of the molecule is CCCC(CCl)Cc1ccc(Br)cc1F. The molecule has 0 fully saturated rings. The Morgan fingerprint density at radius 1 is 1.47 bits per heavy atom. The molecule has 3 heteroatoms. The van der Waals surface area contributed by atoms with Crippen LogP contribution < -0.4 is 0 Å². The zero-order chi connectivity index (χ0) is 11.3. The van der Waals surface area contributed by atoms with Crippen molar-refractivity contribution in [3.8, 4) is 0 Å². The first-order valence-electron chi connectivity index (χ1n) is 5.17. The number of hydrogen-bond donors (Lipinski definition) is 0. The zero-order valence-electron chi connectivity index (χ0n) is 8.77. The highest BCUT2D eigenvalue weighted by atomic mass is 79.9. The van der Waals surface area contributed by atoms with E-state index in [-0.39, 0.29) is 5.82 Å². The van der Waals surface area contributed by atoms with Crippen LogP contribution in [0.2, 0.25) is 0 Å². The topological polar surface area (TPSA) is 0 Å². The van der Waals surface area contributed by atoms with Gasteiger partial charge < -0.3 is 0 Å². The van der Waals surface area contributed by atoms with Crippen LogP contribution in [0.3, 0.4) is 0 Å². The van der Waals surface area contributed by atoms with Gasteiger partial charge in [-0.05, 0) is 36.5 Å². The van der Waals surface area contributed by atoms with E-state index < -0.39 is 0 Å². The first-order valence-corrected chi connectivity index (χ1v) is 6.50. The lowest BCUT2D eigenvalue weighted by Crippen LogP contribution is -2.07. The maximum absolute atomic E-state index is 13.5. The highest BCUT2D eigenvalue weighted by Crippen LogP contribution is 2.21. The van der Waals surface area contributed by atoms with Crippen LogP contribution in [0.15, 0.2) is 22.7 Å². The molecule has 0 aliphatic rings. The quantitative estimate of drug-likeness (QED) is 0.685. The molecule has 0 saturated heterocycles. The molecule has 15 heavy (non-hydrogen) atoms. The van der Waals surface area contributed by atoms with Crippen LogP contribution in [0.1, 0.15) is 25.3 Å². The smallest absolute Gasteiger partial charge is 0.127 e. The molecule has 1 unspecified atom stereocenters. The average Bonchev–Trinajstić information content (AvgIpc) is 2.21. The molecule has 1 aromatic rings. The Bertz CT molecular complexity index is 314. The molecule has 0 bridgehead atoms. The Kier molecular flexibility index (Phi) is 5.62. The van der Waals surface area contributed by atoms with Crippen molar-refractivity contribution in [2.75, 3.05) is 5.88 Å². The fourth-order valence-corrected chi connectivity index (χ4v) is 2.24. The van der Waals surface area contributed by atoms with Crippen LogP contribution in [0.25, 0.3) is 0 Å². The lowest BCUT2D eigenvalue weighted by atomic mass is 9.96. The third-order valence-electron chi connectivity index (χ3n) is 2.44. The molecule has 1 rings (SSSR count). The fraction of sp³-hybridized carbons (Fsp3) is 0.500. The Labute approximate surface area is 104 Å². The van der Waals surface area contributed by atoms with E-state index in [2.05, 4.69) is 22.9 Å². The molecule has 84 valence electrons. The summed E-state index contributed by atoms with van der Waals surface area (Å²) in [6.45, 7) is 2.12. The van der Waals surface area contributed by atoms with Crippen LogP contribution >= 0.6 is 27.5 Å². The van der Waals surface area contributed by atoms with Crippen LogP contribution in [0.5, 0.6) is 0 Å². The predicted octanol–water partition coefficient (Wildman–Crippen LogP) is 4.79. The monoisotopic (exact) mass is 292 g/mol. The minimum absolute atomic E-state index is 0.143. The molecule has 0 aliphatic carbocycles. The summed E-state index contributed by atoms with van der Waals surface area (Å²) in [5.41, 5.74) is 0.761. The Balaban J connectivity index is 2.70. The Morgan fingerprint density at radius 2 is 2.20 bits per heavy atom. The third-order valence-corrected chi connectivity index (χ3v) is 3.37. The molecule has 0 N–H and O–H groups in total.